The Balaban J connectivity index is 1.56. The van der Waals surface area contributed by atoms with Gasteiger partial charge < -0.3 is 14.8 Å². The Morgan fingerprint density at radius 1 is 1.00 bits per heavy atom. The van der Waals surface area contributed by atoms with Gasteiger partial charge in [0.1, 0.15) is 12.4 Å². The maximum absolute atomic E-state index is 13.0. The quantitative estimate of drug-likeness (QED) is 0.623. The van der Waals surface area contributed by atoms with Crippen LogP contribution >= 0.6 is 0 Å². The number of rotatable bonds is 5. The van der Waals surface area contributed by atoms with Crippen molar-refractivity contribution in [2.45, 2.75) is 50.4 Å². The minimum Gasteiger partial charge on any atom is -0.488 e. The number of carbonyl (C=O) groups is 2. The fourth-order valence-corrected chi connectivity index (χ4v) is 4.06. The minimum absolute atomic E-state index is 0.0280. The average Bonchev–Trinajstić information content (AvgIpc) is 2.82. The van der Waals surface area contributed by atoms with Gasteiger partial charge in [0, 0.05) is 17.2 Å². The van der Waals surface area contributed by atoms with Gasteiger partial charge in [-0.15, -0.1) is 0 Å². The molecule has 8 heteroatoms. The molecule has 1 aliphatic carbocycles. The van der Waals surface area contributed by atoms with E-state index in [-0.39, 0.29) is 23.8 Å². The van der Waals surface area contributed by atoms with E-state index in [2.05, 4.69) is 5.32 Å². The van der Waals surface area contributed by atoms with E-state index in [1.54, 1.807) is 24.3 Å². The topological polar surface area (TPSA) is 64.6 Å². The Morgan fingerprint density at radius 3 is 2.39 bits per heavy atom. The van der Waals surface area contributed by atoms with Crippen LogP contribution in [0.3, 0.4) is 0 Å². The summed E-state index contributed by atoms with van der Waals surface area (Å²) < 4.78 is 50.1. The van der Waals surface area contributed by atoms with Crippen LogP contribution in [0, 0.1) is 0 Å². The minimum atomic E-state index is -4.51. The molecule has 33 heavy (non-hydrogen) atoms. The zero-order chi connectivity index (χ0) is 23.4. The smallest absolute Gasteiger partial charge is 0.416 e. The van der Waals surface area contributed by atoms with E-state index in [9.17, 15) is 22.8 Å². The average molecular weight is 459 g/mol. The highest BCUT2D eigenvalue weighted by Crippen LogP contribution is 2.32. The van der Waals surface area contributed by atoms with E-state index >= 15 is 0 Å². The molecule has 1 heterocycles. The van der Waals surface area contributed by atoms with Gasteiger partial charge in [0.25, 0.3) is 5.91 Å². The van der Waals surface area contributed by atoms with Crippen LogP contribution in [0.5, 0.6) is 5.75 Å². The molecule has 4 rings (SSSR count). The number of hydrogen-bond donors (Lipinski definition) is 1. The second kappa shape index (κ2) is 9.68. The maximum atomic E-state index is 13.0. The van der Waals surface area contributed by atoms with E-state index in [0.717, 1.165) is 44.2 Å². The second-order valence-corrected chi connectivity index (χ2v) is 8.24. The van der Waals surface area contributed by atoms with E-state index < -0.39 is 29.7 Å². The molecule has 1 unspecified atom stereocenters. The summed E-state index contributed by atoms with van der Waals surface area (Å²) in [5.41, 5.74) is 0.246. The molecule has 1 saturated carbocycles. The molecule has 1 amide bonds. The van der Waals surface area contributed by atoms with Crippen molar-refractivity contribution in [2.24, 2.45) is 0 Å². The number of benzene rings is 2. The largest absolute Gasteiger partial charge is 0.488 e. The predicted octanol–water partition coefficient (Wildman–Crippen LogP) is 5.21. The summed E-state index contributed by atoms with van der Waals surface area (Å²) in [5, 5.41) is 2.90. The molecule has 2 aliphatic rings. The highest BCUT2D eigenvalue weighted by atomic mass is 19.4. The summed E-state index contributed by atoms with van der Waals surface area (Å²) >= 11 is 0. The fraction of sp³-hybridized carbons (Fsp3) is 0.360. The van der Waals surface area contributed by atoms with Gasteiger partial charge in [0.2, 0.25) is 6.10 Å². The summed E-state index contributed by atoms with van der Waals surface area (Å²) in [5.74, 6) is -0.677. The van der Waals surface area contributed by atoms with Gasteiger partial charge in [0.15, 0.2) is 0 Å². The third-order valence-corrected chi connectivity index (χ3v) is 5.85. The molecule has 0 aromatic heterocycles. The first-order valence-electron chi connectivity index (χ1n) is 10.9. The van der Waals surface area contributed by atoms with E-state index in [0.29, 0.717) is 11.3 Å². The number of esters is 1. The SMILES string of the molecule is O=C(OC(C(=O)NC1CCCCC1)c1ccc(C(F)(F)F)cc1)C1=Cc2ccccc2OC1. The standard InChI is InChI=1S/C25H24F3NO4/c26-25(27,28)19-12-10-16(11-13-19)22(23(30)29-20-7-2-1-3-8-20)33-24(31)18-14-17-6-4-5-9-21(17)32-15-18/h4-6,9-14,20,22H,1-3,7-8,15H2,(H,29,30). The monoisotopic (exact) mass is 459 g/mol. The highest BCUT2D eigenvalue weighted by molar-refractivity contribution is 5.97. The lowest BCUT2D eigenvalue weighted by molar-refractivity contribution is -0.153. The van der Waals surface area contributed by atoms with E-state index in [1.165, 1.54) is 12.1 Å². The number of ether oxygens (including phenoxy) is 2. The van der Waals surface area contributed by atoms with Crippen molar-refractivity contribution in [3.63, 3.8) is 0 Å². The summed E-state index contributed by atoms with van der Waals surface area (Å²) in [7, 11) is 0. The lowest BCUT2D eigenvalue weighted by atomic mass is 9.95. The number of carbonyl (C=O) groups excluding carboxylic acids is 2. The van der Waals surface area contributed by atoms with Crippen LogP contribution in [0.4, 0.5) is 13.2 Å². The molecule has 1 atom stereocenters. The highest BCUT2D eigenvalue weighted by Gasteiger charge is 2.33. The van der Waals surface area contributed by atoms with E-state index in [4.69, 9.17) is 9.47 Å². The van der Waals surface area contributed by atoms with E-state index in [1.807, 2.05) is 6.07 Å². The maximum Gasteiger partial charge on any atom is 0.416 e. The zero-order valence-corrected chi connectivity index (χ0v) is 17.9. The zero-order valence-electron chi connectivity index (χ0n) is 17.9. The number of nitrogens with one attached hydrogen (secondary N) is 1. The molecule has 0 saturated heterocycles. The third kappa shape index (κ3) is 5.56. The Bertz CT molecular complexity index is 1040. The number of halogens is 3. The van der Waals surface area contributed by atoms with Crippen molar-refractivity contribution >= 4 is 18.0 Å². The summed E-state index contributed by atoms with van der Waals surface area (Å²) in [6, 6.07) is 11.2. The van der Waals surface area contributed by atoms with Crippen LogP contribution in [0.2, 0.25) is 0 Å². The number of amides is 1. The van der Waals surface area contributed by atoms with Gasteiger partial charge in [0.05, 0.1) is 11.1 Å². The number of fused-ring (bicyclic) bond motifs is 1. The van der Waals surface area contributed by atoms with Crippen LogP contribution in [0.15, 0.2) is 54.1 Å². The van der Waals surface area contributed by atoms with Gasteiger partial charge in [-0.2, -0.15) is 13.2 Å². The van der Waals surface area contributed by atoms with Gasteiger partial charge in [-0.25, -0.2) is 4.79 Å². The third-order valence-electron chi connectivity index (χ3n) is 5.85. The Kier molecular flexibility index (Phi) is 6.72. The Hall–Kier alpha value is -3.29. The Morgan fingerprint density at radius 2 is 1.70 bits per heavy atom. The van der Waals surface area contributed by atoms with Crippen molar-refractivity contribution in [1.82, 2.24) is 5.32 Å². The first kappa shape index (κ1) is 22.9. The molecular weight excluding hydrogens is 435 g/mol. The van der Waals surface area contributed by atoms with Crippen LogP contribution in [0.25, 0.3) is 6.08 Å². The van der Waals surface area contributed by atoms with Gasteiger partial charge in [-0.3, -0.25) is 4.79 Å². The van der Waals surface area contributed by atoms with Crippen LogP contribution < -0.4 is 10.1 Å². The first-order valence-corrected chi connectivity index (χ1v) is 10.9. The molecule has 0 bridgehead atoms. The number of hydrogen-bond acceptors (Lipinski definition) is 4. The molecule has 2 aromatic rings. The number of para-hydroxylation sites is 1. The molecule has 2 aromatic carbocycles. The van der Waals surface area contributed by atoms with Crippen LogP contribution in [-0.2, 0) is 20.5 Å². The van der Waals surface area contributed by atoms with Gasteiger partial charge in [-0.1, -0.05) is 49.6 Å². The summed E-state index contributed by atoms with van der Waals surface area (Å²) in [6.07, 6.45) is 0.443. The van der Waals surface area contributed by atoms with Crippen molar-refractivity contribution in [2.75, 3.05) is 6.61 Å². The predicted molar refractivity (Wildman–Crippen MR) is 115 cm³/mol. The number of alkyl halides is 3. The van der Waals surface area contributed by atoms with Gasteiger partial charge >= 0.3 is 12.1 Å². The van der Waals surface area contributed by atoms with Crippen molar-refractivity contribution in [3.8, 4) is 5.75 Å². The molecule has 1 aliphatic heterocycles. The molecule has 0 spiro atoms. The molecular formula is C25H24F3NO4. The molecule has 5 nitrogen and oxygen atoms in total. The molecule has 174 valence electrons. The Labute approximate surface area is 189 Å². The lowest BCUT2D eigenvalue weighted by Crippen LogP contribution is -2.40. The van der Waals surface area contributed by atoms with Crippen molar-refractivity contribution < 1.29 is 32.2 Å². The second-order valence-electron chi connectivity index (χ2n) is 8.24. The summed E-state index contributed by atoms with van der Waals surface area (Å²) in [4.78, 5) is 25.9. The fourth-order valence-electron chi connectivity index (χ4n) is 4.06. The molecule has 0 radical (unpaired) electrons. The molecule has 1 N–H and O–H groups in total. The normalized spacial score (nSPS) is 17.2. The first-order chi connectivity index (χ1) is 15.8. The lowest BCUT2D eigenvalue weighted by Gasteiger charge is -2.26. The van der Waals surface area contributed by atoms with Crippen molar-refractivity contribution in [1.29, 1.82) is 0 Å². The van der Waals surface area contributed by atoms with Crippen LogP contribution in [-0.4, -0.2) is 24.5 Å². The molecule has 1 fully saturated rings. The summed E-state index contributed by atoms with van der Waals surface area (Å²) in [6.45, 7) is -0.0280. The van der Waals surface area contributed by atoms with Gasteiger partial charge in [-0.05, 0) is 37.1 Å². The van der Waals surface area contributed by atoms with Crippen LogP contribution in [0.1, 0.15) is 54.9 Å². The van der Waals surface area contributed by atoms with Crippen molar-refractivity contribution in [3.05, 3.63) is 70.8 Å².